The van der Waals surface area contributed by atoms with Crippen LogP contribution < -0.4 is 0 Å². The summed E-state index contributed by atoms with van der Waals surface area (Å²) in [6.07, 6.45) is 0.720. The molecule has 0 fully saturated rings. The summed E-state index contributed by atoms with van der Waals surface area (Å²) >= 11 is 0. The molecule has 0 amide bonds. The predicted octanol–water partition coefficient (Wildman–Crippen LogP) is -0.408. The lowest BCUT2D eigenvalue weighted by molar-refractivity contribution is -0.131. The molecule has 0 bridgehead atoms. The summed E-state index contributed by atoms with van der Waals surface area (Å²) in [5, 5.41) is 16.5. The molecule has 0 aromatic heterocycles. The predicted molar refractivity (Wildman–Crippen MR) is 29.8 cm³/mol. The van der Waals surface area contributed by atoms with Gasteiger partial charge in [0.15, 0.2) is 6.29 Å². The minimum atomic E-state index is -1.12. The van der Waals surface area contributed by atoms with Gasteiger partial charge in [-0.1, -0.05) is 0 Å². The quantitative estimate of drug-likeness (QED) is 0.404. The molecule has 0 radical (unpaired) electrons. The second-order valence-corrected chi connectivity index (χ2v) is 1.32. The SMILES string of the molecule is COC(O)C=CC(=O)O. The molecule has 0 aromatic rings. The smallest absolute Gasteiger partial charge is 0.328 e. The van der Waals surface area contributed by atoms with Crippen LogP contribution in [-0.4, -0.2) is 29.6 Å². The number of ether oxygens (including phenoxy) is 1. The summed E-state index contributed by atoms with van der Waals surface area (Å²) in [7, 11) is 1.27. The highest BCUT2D eigenvalue weighted by Crippen LogP contribution is 1.84. The Bertz CT molecular complexity index is 118. The summed E-state index contributed by atoms with van der Waals surface area (Å²) in [6.45, 7) is 0. The summed E-state index contributed by atoms with van der Waals surface area (Å²) in [5.74, 6) is -1.11. The molecular formula is C5H8O4. The van der Waals surface area contributed by atoms with E-state index in [2.05, 4.69) is 4.74 Å². The maximum Gasteiger partial charge on any atom is 0.328 e. The number of hydrogen-bond donors (Lipinski definition) is 2. The van der Waals surface area contributed by atoms with E-state index in [0.29, 0.717) is 0 Å². The van der Waals surface area contributed by atoms with Crippen LogP contribution in [0.4, 0.5) is 0 Å². The topological polar surface area (TPSA) is 66.8 Å². The first-order chi connectivity index (χ1) is 4.16. The third kappa shape index (κ3) is 4.99. The summed E-state index contributed by atoms with van der Waals surface area (Å²) in [5.41, 5.74) is 0. The van der Waals surface area contributed by atoms with Crippen molar-refractivity contribution in [1.29, 1.82) is 0 Å². The first-order valence-corrected chi connectivity index (χ1v) is 2.29. The average molecular weight is 132 g/mol. The molecule has 0 rings (SSSR count). The fourth-order valence-corrected chi connectivity index (χ4v) is 0.243. The van der Waals surface area contributed by atoms with Crippen molar-refractivity contribution < 1.29 is 19.7 Å². The van der Waals surface area contributed by atoms with E-state index in [9.17, 15) is 4.79 Å². The van der Waals surface area contributed by atoms with Gasteiger partial charge in [-0.25, -0.2) is 4.79 Å². The number of carboxylic acid groups (broad SMARTS) is 1. The Morgan fingerprint density at radius 2 is 2.33 bits per heavy atom. The molecule has 4 heteroatoms. The van der Waals surface area contributed by atoms with Gasteiger partial charge in [0.25, 0.3) is 0 Å². The van der Waals surface area contributed by atoms with Gasteiger partial charge in [0.1, 0.15) is 0 Å². The van der Waals surface area contributed by atoms with Crippen LogP contribution in [0.25, 0.3) is 0 Å². The third-order valence-electron chi connectivity index (χ3n) is 0.645. The zero-order valence-corrected chi connectivity index (χ0v) is 4.94. The molecule has 0 spiro atoms. The number of aliphatic hydroxyl groups is 1. The Labute approximate surface area is 52.4 Å². The highest BCUT2D eigenvalue weighted by atomic mass is 16.6. The molecule has 0 aliphatic heterocycles. The van der Waals surface area contributed by atoms with Gasteiger partial charge in [-0.2, -0.15) is 0 Å². The maximum absolute atomic E-state index is 9.77. The summed E-state index contributed by atoms with van der Waals surface area (Å²) in [6, 6.07) is 0. The zero-order valence-electron chi connectivity index (χ0n) is 4.94. The number of carboxylic acids is 1. The van der Waals surface area contributed by atoms with Gasteiger partial charge >= 0.3 is 5.97 Å². The van der Waals surface area contributed by atoms with Crippen molar-refractivity contribution in [2.45, 2.75) is 6.29 Å². The minimum absolute atomic E-state index is 0.814. The van der Waals surface area contributed by atoms with Crippen LogP contribution in [0.1, 0.15) is 0 Å². The Morgan fingerprint density at radius 3 is 2.67 bits per heavy atom. The van der Waals surface area contributed by atoms with Gasteiger partial charge in [-0.15, -0.1) is 0 Å². The molecule has 1 unspecified atom stereocenters. The van der Waals surface area contributed by atoms with Crippen LogP contribution in [0.3, 0.4) is 0 Å². The molecule has 0 aliphatic carbocycles. The molecule has 1 atom stereocenters. The molecule has 2 N–H and O–H groups in total. The third-order valence-corrected chi connectivity index (χ3v) is 0.645. The van der Waals surface area contributed by atoms with Gasteiger partial charge in [-0.3, -0.25) is 0 Å². The molecule has 0 aliphatic rings. The van der Waals surface area contributed by atoms with E-state index in [1.165, 1.54) is 7.11 Å². The van der Waals surface area contributed by atoms with Crippen molar-refractivity contribution in [2.24, 2.45) is 0 Å². The molecule has 52 valence electrons. The number of hydrogen-bond acceptors (Lipinski definition) is 3. The number of aliphatic hydroxyl groups excluding tert-OH is 1. The van der Waals surface area contributed by atoms with Crippen LogP contribution in [0, 0.1) is 0 Å². The van der Waals surface area contributed by atoms with Crippen LogP contribution in [0.15, 0.2) is 12.2 Å². The molecule has 0 aromatic carbocycles. The monoisotopic (exact) mass is 132 g/mol. The van der Waals surface area contributed by atoms with E-state index in [0.717, 1.165) is 12.2 Å². The summed E-state index contributed by atoms with van der Waals surface area (Å²) in [4.78, 5) is 9.77. The fourth-order valence-electron chi connectivity index (χ4n) is 0.243. The second kappa shape index (κ2) is 4.05. The minimum Gasteiger partial charge on any atom is -0.478 e. The lowest BCUT2D eigenvalue weighted by atomic mass is 10.5. The second-order valence-electron chi connectivity index (χ2n) is 1.32. The van der Waals surface area contributed by atoms with Crippen molar-refractivity contribution in [3.63, 3.8) is 0 Å². The lowest BCUT2D eigenvalue weighted by Crippen LogP contribution is -2.04. The summed E-state index contributed by atoms with van der Waals surface area (Å²) < 4.78 is 4.31. The molecule has 9 heavy (non-hydrogen) atoms. The van der Waals surface area contributed by atoms with Crippen LogP contribution in [0.2, 0.25) is 0 Å². The molecule has 0 saturated heterocycles. The number of carbonyl (C=O) groups is 1. The lowest BCUT2D eigenvalue weighted by Gasteiger charge is -1.98. The Kier molecular flexibility index (Phi) is 3.66. The molecule has 0 saturated carbocycles. The Morgan fingerprint density at radius 1 is 1.78 bits per heavy atom. The highest BCUT2D eigenvalue weighted by molar-refractivity contribution is 5.79. The van der Waals surface area contributed by atoms with Crippen LogP contribution >= 0.6 is 0 Å². The maximum atomic E-state index is 9.77. The van der Waals surface area contributed by atoms with Crippen LogP contribution in [0.5, 0.6) is 0 Å². The van der Waals surface area contributed by atoms with E-state index in [1.54, 1.807) is 0 Å². The largest absolute Gasteiger partial charge is 0.478 e. The molecule has 0 heterocycles. The van der Waals surface area contributed by atoms with E-state index >= 15 is 0 Å². The number of aliphatic carboxylic acids is 1. The van der Waals surface area contributed by atoms with Gasteiger partial charge in [0.2, 0.25) is 0 Å². The van der Waals surface area contributed by atoms with Crippen molar-refractivity contribution in [3.05, 3.63) is 12.2 Å². The van der Waals surface area contributed by atoms with E-state index < -0.39 is 12.3 Å². The standard InChI is InChI=1S/C5H8O4/c1-9-5(8)3-2-4(6)7/h2-3,5,8H,1H3,(H,6,7). The normalized spacial score (nSPS) is 14.0. The number of rotatable bonds is 3. The fraction of sp³-hybridized carbons (Fsp3) is 0.400. The van der Waals surface area contributed by atoms with E-state index in [-0.39, 0.29) is 0 Å². The van der Waals surface area contributed by atoms with Gasteiger partial charge in [-0.05, 0) is 6.08 Å². The number of methoxy groups -OCH3 is 1. The van der Waals surface area contributed by atoms with Gasteiger partial charge in [0, 0.05) is 13.2 Å². The van der Waals surface area contributed by atoms with Crippen molar-refractivity contribution in [1.82, 2.24) is 0 Å². The Balaban J connectivity index is 3.56. The Hall–Kier alpha value is -0.870. The first kappa shape index (κ1) is 8.13. The molecule has 4 nitrogen and oxygen atoms in total. The van der Waals surface area contributed by atoms with Crippen molar-refractivity contribution >= 4 is 5.97 Å². The van der Waals surface area contributed by atoms with Crippen LogP contribution in [-0.2, 0) is 9.53 Å². The van der Waals surface area contributed by atoms with E-state index in [1.807, 2.05) is 0 Å². The van der Waals surface area contributed by atoms with E-state index in [4.69, 9.17) is 10.2 Å². The van der Waals surface area contributed by atoms with Crippen molar-refractivity contribution in [3.8, 4) is 0 Å². The van der Waals surface area contributed by atoms with Crippen molar-refractivity contribution in [2.75, 3.05) is 7.11 Å². The van der Waals surface area contributed by atoms with Gasteiger partial charge in [0.05, 0.1) is 0 Å². The first-order valence-electron chi connectivity index (χ1n) is 2.29. The highest BCUT2D eigenvalue weighted by Gasteiger charge is 1.93. The zero-order chi connectivity index (χ0) is 7.28. The average Bonchev–Trinajstić information content (AvgIpc) is 1.83. The van der Waals surface area contributed by atoms with Gasteiger partial charge < -0.3 is 14.9 Å². The molecular weight excluding hydrogens is 124 g/mol.